The topological polar surface area (TPSA) is 108 Å². The highest BCUT2D eigenvalue weighted by Crippen LogP contribution is 2.30. The first-order valence-corrected chi connectivity index (χ1v) is 14.7. The van der Waals surface area contributed by atoms with Gasteiger partial charge in [-0.3, -0.25) is 0 Å². The van der Waals surface area contributed by atoms with Gasteiger partial charge in [0.15, 0.2) is 0 Å². The first-order valence-electron chi connectivity index (χ1n) is 11.0. The minimum Gasteiger partial charge on any atom is -0.507 e. The molecule has 0 unspecified atom stereocenters. The number of thiazole rings is 1. The van der Waals surface area contributed by atoms with E-state index in [4.69, 9.17) is 0 Å². The van der Waals surface area contributed by atoms with E-state index < -0.39 is 20.0 Å². The molecule has 0 amide bonds. The zero-order chi connectivity index (χ0) is 25.1. The summed E-state index contributed by atoms with van der Waals surface area (Å²) in [5.74, 6) is -0.315. The Morgan fingerprint density at radius 3 is 2.06 bits per heavy atom. The van der Waals surface area contributed by atoms with Crippen molar-refractivity contribution in [3.63, 3.8) is 0 Å². The molecular formula is C23H29N3O5S3. The Hall–Kier alpha value is -2.31. The molecule has 1 N–H and O–H groups in total. The molecule has 0 radical (unpaired) electrons. The number of rotatable bonds is 10. The minimum atomic E-state index is -3.76. The van der Waals surface area contributed by atoms with Crippen LogP contribution in [-0.2, 0) is 20.0 Å². The molecule has 184 valence electrons. The second-order valence-corrected chi connectivity index (χ2v) is 12.3. The number of sulfonamides is 2. The van der Waals surface area contributed by atoms with Crippen molar-refractivity contribution in [2.24, 2.45) is 0 Å². The Morgan fingerprint density at radius 2 is 1.47 bits per heavy atom. The van der Waals surface area contributed by atoms with Gasteiger partial charge < -0.3 is 5.11 Å². The number of aromatic nitrogens is 1. The maximum Gasteiger partial charge on any atom is 0.246 e. The molecule has 8 nitrogen and oxygen atoms in total. The lowest BCUT2D eigenvalue weighted by molar-refractivity contribution is 0.429. The van der Waals surface area contributed by atoms with Crippen LogP contribution in [0.1, 0.15) is 38.3 Å². The molecule has 1 aromatic heterocycles. The van der Waals surface area contributed by atoms with Crippen LogP contribution in [0.25, 0.3) is 22.4 Å². The predicted molar refractivity (Wildman–Crippen MR) is 137 cm³/mol. The standard InChI is InChI=1S/C23H29N3O5S3/c1-5-25(6-2)33(28,29)18-11-12-19-21(16-18)32-23(24-19)14-10-17-9-13-22(20(27)15-17)34(30,31)26(7-3)8-4/h9-16,27H,5-8H2,1-4H3. The van der Waals surface area contributed by atoms with Crippen molar-refractivity contribution in [3.05, 3.63) is 47.0 Å². The van der Waals surface area contributed by atoms with E-state index in [1.807, 2.05) is 0 Å². The lowest BCUT2D eigenvalue weighted by Crippen LogP contribution is -2.30. The highest BCUT2D eigenvalue weighted by Gasteiger charge is 2.25. The molecule has 0 aliphatic rings. The van der Waals surface area contributed by atoms with E-state index in [0.717, 1.165) is 4.70 Å². The fraction of sp³-hybridized carbons (Fsp3) is 0.348. The molecule has 11 heteroatoms. The Morgan fingerprint density at radius 1 is 0.853 bits per heavy atom. The minimum absolute atomic E-state index is 0.129. The normalized spacial score (nSPS) is 13.0. The Bertz CT molecular complexity index is 1400. The van der Waals surface area contributed by atoms with Crippen LogP contribution in [0.5, 0.6) is 5.75 Å². The van der Waals surface area contributed by atoms with Crippen LogP contribution in [0.3, 0.4) is 0 Å². The Balaban J connectivity index is 1.88. The van der Waals surface area contributed by atoms with Crippen LogP contribution in [0.4, 0.5) is 0 Å². The monoisotopic (exact) mass is 523 g/mol. The fourth-order valence-electron chi connectivity index (χ4n) is 3.59. The SMILES string of the molecule is CCN(CC)S(=O)(=O)c1ccc2nc(C=Cc3ccc(S(=O)(=O)N(CC)CC)c(O)c3)sc2c1. The number of fused-ring (bicyclic) bond motifs is 1. The second kappa shape index (κ2) is 10.5. The number of benzene rings is 2. The molecule has 0 aliphatic carbocycles. The number of hydrogen-bond donors (Lipinski definition) is 1. The molecule has 0 fully saturated rings. The summed E-state index contributed by atoms with van der Waals surface area (Å²) in [5.41, 5.74) is 1.30. The molecule has 0 bridgehead atoms. The van der Waals surface area contributed by atoms with Gasteiger partial charge >= 0.3 is 0 Å². The summed E-state index contributed by atoms with van der Waals surface area (Å²) < 4.78 is 54.4. The fourth-order valence-corrected chi connectivity index (χ4v) is 7.58. The summed E-state index contributed by atoms with van der Waals surface area (Å²) in [5, 5.41) is 11.0. The molecule has 34 heavy (non-hydrogen) atoms. The van der Waals surface area contributed by atoms with E-state index in [-0.39, 0.29) is 15.5 Å². The highest BCUT2D eigenvalue weighted by molar-refractivity contribution is 7.89. The molecule has 0 spiro atoms. The van der Waals surface area contributed by atoms with E-state index in [2.05, 4.69) is 4.98 Å². The molecular weight excluding hydrogens is 494 g/mol. The molecule has 1 heterocycles. The van der Waals surface area contributed by atoms with Crippen molar-refractivity contribution in [1.82, 2.24) is 13.6 Å². The van der Waals surface area contributed by atoms with Crippen LogP contribution in [0.2, 0.25) is 0 Å². The van der Waals surface area contributed by atoms with Gasteiger partial charge in [-0.25, -0.2) is 21.8 Å². The van der Waals surface area contributed by atoms with Crippen molar-refractivity contribution in [1.29, 1.82) is 0 Å². The van der Waals surface area contributed by atoms with Gasteiger partial charge in [0, 0.05) is 26.2 Å². The zero-order valence-electron chi connectivity index (χ0n) is 19.6. The first-order chi connectivity index (χ1) is 16.1. The van der Waals surface area contributed by atoms with Crippen LogP contribution < -0.4 is 0 Å². The van der Waals surface area contributed by atoms with E-state index in [1.54, 1.807) is 64.1 Å². The molecule has 3 aromatic rings. The van der Waals surface area contributed by atoms with Gasteiger partial charge in [-0.05, 0) is 42.0 Å². The van der Waals surface area contributed by atoms with E-state index in [0.29, 0.717) is 42.3 Å². The van der Waals surface area contributed by atoms with E-state index in [9.17, 15) is 21.9 Å². The van der Waals surface area contributed by atoms with Crippen molar-refractivity contribution in [3.8, 4) is 5.75 Å². The average molecular weight is 524 g/mol. The molecule has 0 saturated carbocycles. The van der Waals surface area contributed by atoms with Gasteiger partial charge in [0.05, 0.1) is 15.1 Å². The number of nitrogens with zero attached hydrogens (tertiary/aromatic N) is 3. The van der Waals surface area contributed by atoms with E-state index >= 15 is 0 Å². The number of hydrogen-bond acceptors (Lipinski definition) is 7. The first kappa shape index (κ1) is 26.3. The van der Waals surface area contributed by atoms with Crippen LogP contribution >= 0.6 is 11.3 Å². The molecule has 0 aliphatic heterocycles. The van der Waals surface area contributed by atoms with Crippen LogP contribution in [0, 0.1) is 0 Å². The van der Waals surface area contributed by atoms with Crippen molar-refractivity contribution in [2.75, 3.05) is 26.2 Å². The maximum absolute atomic E-state index is 12.8. The van der Waals surface area contributed by atoms with Crippen LogP contribution in [0.15, 0.2) is 46.2 Å². The Labute approximate surface area is 205 Å². The third kappa shape index (κ3) is 5.18. The number of phenols is 1. The molecule has 2 aromatic carbocycles. The molecule has 0 saturated heterocycles. The van der Waals surface area contributed by atoms with Crippen molar-refractivity contribution in [2.45, 2.75) is 37.5 Å². The van der Waals surface area contributed by atoms with E-state index in [1.165, 1.54) is 32.1 Å². The summed E-state index contributed by atoms with van der Waals surface area (Å²) >= 11 is 1.35. The lowest BCUT2D eigenvalue weighted by atomic mass is 10.2. The van der Waals surface area contributed by atoms with Gasteiger partial charge in [-0.15, -0.1) is 11.3 Å². The van der Waals surface area contributed by atoms with Gasteiger partial charge in [-0.1, -0.05) is 39.8 Å². The number of aromatic hydroxyl groups is 1. The zero-order valence-corrected chi connectivity index (χ0v) is 22.0. The van der Waals surface area contributed by atoms with Crippen molar-refractivity contribution >= 4 is 53.8 Å². The summed E-state index contributed by atoms with van der Waals surface area (Å²) in [4.78, 5) is 4.62. The third-order valence-corrected chi connectivity index (χ3v) is 10.6. The smallest absolute Gasteiger partial charge is 0.246 e. The molecule has 0 atom stereocenters. The largest absolute Gasteiger partial charge is 0.507 e. The van der Waals surface area contributed by atoms with Crippen LogP contribution in [-0.4, -0.2) is 61.7 Å². The molecule has 3 rings (SSSR count). The van der Waals surface area contributed by atoms with Gasteiger partial charge in [0.1, 0.15) is 15.7 Å². The highest BCUT2D eigenvalue weighted by atomic mass is 32.2. The van der Waals surface area contributed by atoms with Gasteiger partial charge in [-0.2, -0.15) is 8.61 Å². The number of phenolic OH excluding ortho intramolecular Hbond substituents is 1. The third-order valence-electron chi connectivity index (χ3n) is 5.44. The quantitative estimate of drug-likeness (QED) is 0.426. The second-order valence-electron chi connectivity index (χ2n) is 7.42. The summed E-state index contributed by atoms with van der Waals surface area (Å²) in [6.45, 7) is 8.53. The maximum atomic E-state index is 12.8. The summed E-state index contributed by atoms with van der Waals surface area (Å²) in [7, 11) is -7.32. The van der Waals surface area contributed by atoms with Crippen molar-refractivity contribution < 1.29 is 21.9 Å². The summed E-state index contributed by atoms with van der Waals surface area (Å²) in [6.07, 6.45) is 3.47. The van der Waals surface area contributed by atoms with Gasteiger partial charge in [0.25, 0.3) is 0 Å². The lowest BCUT2D eigenvalue weighted by Gasteiger charge is -2.19. The van der Waals surface area contributed by atoms with Gasteiger partial charge in [0.2, 0.25) is 20.0 Å². The predicted octanol–water partition coefficient (Wildman–Crippen LogP) is 4.23. The summed E-state index contributed by atoms with van der Waals surface area (Å²) in [6, 6.07) is 9.31. The average Bonchev–Trinajstić information content (AvgIpc) is 3.21. The Kier molecular flexibility index (Phi) is 8.14.